The van der Waals surface area contributed by atoms with Gasteiger partial charge in [0.1, 0.15) is 11.6 Å². The van der Waals surface area contributed by atoms with Crippen molar-refractivity contribution in [3.63, 3.8) is 0 Å². The number of rotatable bonds is 3. The number of hydrogen-bond acceptors (Lipinski definition) is 4. The van der Waals surface area contributed by atoms with Gasteiger partial charge in [-0.2, -0.15) is 0 Å². The Morgan fingerprint density at radius 1 is 1.20 bits per heavy atom. The van der Waals surface area contributed by atoms with Gasteiger partial charge in [-0.05, 0) is 30.9 Å². The number of piperidine rings is 1. The van der Waals surface area contributed by atoms with E-state index in [1.807, 2.05) is 5.32 Å². The van der Waals surface area contributed by atoms with Gasteiger partial charge in [-0.25, -0.2) is 13.6 Å². The number of hydrogen-bond donors (Lipinski definition) is 2. The van der Waals surface area contributed by atoms with Crippen molar-refractivity contribution < 1.29 is 27.9 Å². The zero-order valence-electron chi connectivity index (χ0n) is 13.7. The topological polar surface area (TPSA) is 87.7 Å². The molecule has 3 amide bonds. The van der Waals surface area contributed by atoms with E-state index in [9.17, 15) is 23.2 Å². The summed E-state index contributed by atoms with van der Waals surface area (Å²) in [6.07, 6.45) is 0.935. The molecule has 0 saturated carbocycles. The van der Waals surface area contributed by atoms with Crippen molar-refractivity contribution in [3.05, 3.63) is 29.8 Å². The molecule has 0 unspecified atom stereocenters. The highest BCUT2D eigenvalue weighted by molar-refractivity contribution is 6.39. The number of amides is 3. The highest BCUT2D eigenvalue weighted by atomic mass is 19.1. The number of nitrogens with one attached hydrogen (secondary N) is 2. The number of likely N-dealkylation sites (tertiary alicyclic amines) is 1. The van der Waals surface area contributed by atoms with Crippen molar-refractivity contribution in [2.24, 2.45) is 5.92 Å². The van der Waals surface area contributed by atoms with Crippen molar-refractivity contribution in [2.75, 3.05) is 32.1 Å². The lowest BCUT2D eigenvalue weighted by molar-refractivity contribution is -0.136. The Kier molecular flexibility index (Phi) is 6.26. The molecule has 2 N–H and O–H groups in total. The van der Waals surface area contributed by atoms with Gasteiger partial charge in [0.15, 0.2) is 0 Å². The summed E-state index contributed by atoms with van der Waals surface area (Å²) in [5.74, 6) is -3.45. The summed E-state index contributed by atoms with van der Waals surface area (Å²) in [5, 5.41) is 4.50. The zero-order valence-corrected chi connectivity index (χ0v) is 13.7. The van der Waals surface area contributed by atoms with E-state index in [2.05, 4.69) is 10.1 Å². The molecule has 1 saturated heterocycles. The smallest absolute Gasteiger partial charge is 0.409 e. The SMILES string of the molecule is COC(=O)N1CCC(CNC(=O)C(=O)Nc2cc(F)ccc2F)CC1. The third kappa shape index (κ3) is 5.13. The first-order valence-corrected chi connectivity index (χ1v) is 7.78. The average molecular weight is 355 g/mol. The maximum atomic E-state index is 13.4. The molecule has 0 radical (unpaired) electrons. The van der Waals surface area contributed by atoms with E-state index in [0.29, 0.717) is 25.9 Å². The molecule has 1 aliphatic heterocycles. The van der Waals surface area contributed by atoms with Crippen molar-refractivity contribution in [3.8, 4) is 0 Å². The van der Waals surface area contributed by atoms with Crippen LogP contribution in [0.15, 0.2) is 18.2 Å². The van der Waals surface area contributed by atoms with Gasteiger partial charge in [-0.3, -0.25) is 9.59 Å². The predicted octanol–water partition coefficient (Wildman–Crippen LogP) is 1.50. The number of carbonyl (C=O) groups is 3. The molecule has 0 atom stereocenters. The second kappa shape index (κ2) is 8.41. The summed E-state index contributed by atoms with van der Waals surface area (Å²) in [6.45, 7) is 1.27. The maximum Gasteiger partial charge on any atom is 0.409 e. The Bertz CT molecular complexity index is 661. The zero-order chi connectivity index (χ0) is 18.4. The molecule has 1 aromatic rings. The number of methoxy groups -OCH3 is 1. The molecule has 25 heavy (non-hydrogen) atoms. The van der Waals surface area contributed by atoms with E-state index in [1.165, 1.54) is 7.11 Å². The molecule has 9 heteroatoms. The number of benzene rings is 1. The van der Waals surface area contributed by atoms with Crippen LogP contribution in [0.25, 0.3) is 0 Å². The minimum atomic E-state index is -1.07. The number of ether oxygens (including phenoxy) is 1. The third-order valence-corrected chi connectivity index (χ3v) is 3.98. The van der Waals surface area contributed by atoms with E-state index in [0.717, 1.165) is 18.2 Å². The molecular formula is C16H19F2N3O4. The third-order valence-electron chi connectivity index (χ3n) is 3.98. The first-order valence-electron chi connectivity index (χ1n) is 7.78. The summed E-state index contributed by atoms with van der Waals surface area (Å²) >= 11 is 0. The molecule has 1 heterocycles. The monoisotopic (exact) mass is 355 g/mol. The largest absolute Gasteiger partial charge is 0.453 e. The van der Waals surface area contributed by atoms with Crippen LogP contribution >= 0.6 is 0 Å². The van der Waals surface area contributed by atoms with Crippen LogP contribution in [0.3, 0.4) is 0 Å². The Morgan fingerprint density at radius 2 is 1.88 bits per heavy atom. The van der Waals surface area contributed by atoms with Crippen molar-refractivity contribution in [2.45, 2.75) is 12.8 Å². The highest BCUT2D eigenvalue weighted by Gasteiger charge is 2.24. The van der Waals surface area contributed by atoms with E-state index in [-0.39, 0.29) is 18.6 Å². The van der Waals surface area contributed by atoms with Gasteiger partial charge in [0.05, 0.1) is 12.8 Å². The van der Waals surface area contributed by atoms with E-state index in [1.54, 1.807) is 4.90 Å². The Balaban J connectivity index is 1.78. The summed E-state index contributed by atoms with van der Waals surface area (Å²) < 4.78 is 31.1. The molecule has 1 fully saturated rings. The minimum absolute atomic E-state index is 0.114. The second-order valence-corrected chi connectivity index (χ2v) is 5.69. The summed E-state index contributed by atoms with van der Waals surface area (Å²) in [7, 11) is 1.31. The lowest BCUT2D eigenvalue weighted by Crippen LogP contribution is -2.43. The first-order chi connectivity index (χ1) is 11.9. The second-order valence-electron chi connectivity index (χ2n) is 5.69. The van der Waals surface area contributed by atoms with E-state index >= 15 is 0 Å². The molecule has 0 aromatic heterocycles. The van der Waals surface area contributed by atoms with Gasteiger partial charge in [-0.1, -0.05) is 0 Å². The molecule has 2 rings (SSSR count). The number of carbonyl (C=O) groups excluding carboxylic acids is 3. The van der Waals surface area contributed by atoms with Gasteiger partial charge in [0, 0.05) is 25.7 Å². The number of halogens is 2. The minimum Gasteiger partial charge on any atom is -0.453 e. The van der Waals surface area contributed by atoms with Gasteiger partial charge in [-0.15, -0.1) is 0 Å². The predicted molar refractivity (Wildman–Crippen MR) is 84.7 cm³/mol. The first kappa shape index (κ1) is 18.6. The Hall–Kier alpha value is -2.71. The van der Waals surface area contributed by atoms with Gasteiger partial charge >= 0.3 is 17.9 Å². The van der Waals surface area contributed by atoms with Crippen LogP contribution in [0, 0.1) is 17.6 Å². The maximum absolute atomic E-state index is 13.4. The molecule has 0 spiro atoms. The van der Waals surface area contributed by atoms with Crippen LogP contribution < -0.4 is 10.6 Å². The molecule has 1 aromatic carbocycles. The fraction of sp³-hybridized carbons (Fsp3) is 0.438. The van der Waals surface area contributed by atoms with Crippen LogP contribution in [0.5, 0.6) is 0 Å². The number of nitrogens with zero attached hydrogens (tertiary/aromatic N) is 1. The number of anilines is 1. The summed E-state index contributed by atoms with van der Waals surface area (Å²) in [6, 6.07) is 2.56. The van der Waals surface area contributed by atoms with Crippen molar-refractivity contribution in [1.82, 2.24) is 10.2 Å². The fourth-order valence-corrected chi connectivity index (χ4v) is 2.54. The normalized spacial score (nSPS) is 14.8. The van der Waals surface area contributed by atoms with Gasteiger partial charge < -0.3 is 20.3 Å². The molecule has 1 aliphatic rings. The van der Waals surface area contributed by atoms with Gasteiger partial charge in [0.2, 0.25) is 0 Å². The summed E-state index contributed by atoms with van der Waals surface area (Å²) in [4.78, 5) is 36.5. The highest BCUT2D eigenvalue weighted by Crippen LogP contribution is 2.17. The van der Waals surface area contributed by atoms with Crippen LogP contribution in [-0.4, -0.2) is 49.6 Å². The van der Waals surface area contributed by atoms with Crippen LogP contribution in [0.4, 0.5) is 19.3 Å². The molecular weight excluding hydrogens is 336 g/mol. The summed E-state index contributed by atoms with van der Waals surface area (Å²) in [5.41, 5.74) is -0.397. The van der Waals surface area contributed by atoms with Gasteiger partial charge in [0.25, 0.3) is 0 Å². The van der Waals surface area contributed by atoms with Crippen molar-refractivity contribution in [1.29, 1.82) is 0 Å². The van der Waals surface area contributed by atoms with Crippen LogP contribution in [0.1, 0.15) is 12.8 Å². The van der Waals surface area contributed by atoms with Crippen LogP contribution in [-0.2, 0) is 14.3 Å². The lowest BCUT2D eigenvalue weighted by atomic mass is 9.97. The average Bonchev–Trinajstić information content (AvgIpc) is 2.62. The standard InChI is InChI=1S/C16H19F2N3O4/c1-25-16(24)21-6-4-10(5-7-21)9-19-14(22)15(23)20-13-8-11(17)2-3-12(13)18/h2-3,8,10H,4-7,9H2,1H3,(H,19,22)(H,20,23). The van der Waals surface area contributed by atoms with E-state index in [4.69, 9.17) is 0 Å². The Morgan fingerprint density at radius 3 is 2.52 bits per heavy atom. The molecule has 136 valence electrons. The molecule has 0 bridgehead atoms. The van der Waals surface area contributed by atoms with E-state index < -0.39 is 29.1 Å². The quantitative estimate of drug-likeness (QED) is 0.805. The van der Waals surface area contributed by atoms with Crippen LogP contribution in [0.2, 0.25) is 0 Å². The molecule has 0 aliphatic carbocycles. The fourth-order valence-electron chi connectivity index (χ4n) is 2.54. The molecule has 7 nitrogen and oxygen atoms in total. The Labute approximate surface area is 143 Å². The lowest BCUT2D eigenvalue weighted by Gasteiger charge is -2.30. The van der Waals surface area contributed by atoms with Crippen molar-refractivity contribution >= 4 is 23.6 Å².